The maximum Gasteiger partial charge on any atom is 0.0597 e. The van der Waals surface area contributed by atoms with E-state index < -0.39 is 0 Å². The minimum atomic E-state index is 0.231. The molecule has 2 N–H and O–H groups in total. The first-order chi connectivity index (χ1) is 8.48. The molecule has 0 bridgehead atoms. The lowest BCUT2D eigenvalue weighted by Crippen LogP contribution is -2.30. The second-order valence-electron chi connectivity index (χ2n) is 5.69. The lowest BCUT2D eigenvalue weighted by atomic mass is 9.88. The van der Waals surface area contributed by atoms with Crippen LogP contribution in [0.15, 0.2) is 6.07 Å². The molecule has 0 aliphatic heterocycles. The highest BCUT2D eigenvalue weighted by atomic mass is 16.2. The predicted octanol–water partition coefficient (Wildman–Crippen LogP) is 2.10. The van der Waals surface area contributed by atoms with Gasteiger partial charge in [0.05, 0.1) is 11.4 Å². The van der Waals surface area contributed by atoms with Crippen molar-refractivity contribution in [2.24, 2.45) is 5.41 Å². The molecule has 0 aliphatic carbocycles. The normalized spacial score (nSPS) is 12.1. The SMILES string of the molecule is CCn1nc(C)cc1CNCC(C)(C)CCCO. The molecular weight excluding hydrogens is 226 g/mol. The average molecular weight is 253 g/mol. The van der Waals surface area contributed by atoms with Gasteiger partial charge in [-0.15, -0.1) is 0 Å². The van der Waals surface area contributed by atoms with Gasteiger partial charge in [0, 0.05) is 26.2 Å². The molecule has 0 aliphatic rings. The molecule has 0 unspecified atom stereocenters. The van der Waals surface area contributed by atoms with Crippen LogP contribution in [0.5, 0.6) is 0 Å². The van der Waals surface area contributed by atoms with Crippen molar-refractivity contribution >= 4 is 0 Å². The number of rotatable bonds is 8. The van der Waals surface area contributed by atoms with Gasteiger partial charge in [0.15, 0.2) is 0 Å². The quantitative estimate of drug-likeness (QED) is 0.746. The van der Waals surface area contributed by atoms with Gasteiger partial charge in [-0.1, -0.05) is 13.8 Å². The molecule has 0 amide bonds. The molecule has 0 spiro atoms. The van der Waals surface area contributed by atoms with Crippen molar-refractivity contribution in [3.8, 4) is 0 Å². The van der Waals surface area contributed by atoms with Gasteiger partial charge < -0.3 is 10.4 Å². The first kappa shape index (κ1) is 15.2. The third kappa shape index (κ3) is 4.78. The second kappa shape index (κ2) is 6.90. The number of aliphatic hydroxyl groups excluding tert-OH is 1. The molecule has 0 saturated heterocycles. The van der Waals surface area contributed by atoms with E-state index in [9.17, 15) is 0 Å². The van der Waals surface area contributed by atoms with E-state index in [2.05, 4.69) is 37.3 Å². The number of aliphatic hydroxyl groups is 1. The van der Waals surface area contributed by atoms with E-state index >= 15 is 0 Å². The van der Waals surface area contributed by atoms with E-state index in [0.29, 0.717) is 0 Å². The number of aryl methyl sites for hydroxylation is 2. The van der Waals surface area contributed by atoms with E-state index in [4.69, 9.17) is 5.11 Å². The summed E-state index contributed by atoms with van der Waals surface area (Å²) in [6.07, 6.45) is 1.92. The van der Waals surface area contributed by atoms with Gasteiger partial charge in [-0.2, -0.15) is 5.10 Å². The van der Waals surface area contributed by atoms with Crippen molar-refractivity contribution in [3.63, 3.8) is 0 Å². The van der Waals surface area contributed by atoms with Crippen molar-refractivity contribution in [1.82, 2.24) is 15.1 Å². The van der Waals surface area contributed by atoms with E-state index in [1.54, 1.807) is 0 Å². The minimum Gasteiger partial charge on any atom is -0.396 e. The molecule has 0 radical (unpaired) electrons. The topological polar surface area (TPSA) is 50.1 Å². The maximum absolute atomic E-state index is 8.87. The molecule has 1 rings (SSSR count). The molecule has 4 heteroatoms. The Morgan fingerprint density at radius 1 is 1.44 bits per heavy atom. The Balaban J connectivity index is 2.40. The summed E-state index contributed by atoms with van der Waals surface area (Å²) >= 11 is 0. The van der Waals surface area contributed by atoms with E-state index in [-0.39, 0.29) is 12.0 Å². The summed E-state index contributed by atoms with van der Waals surface area (Å²) in [6.45, 7) is 11.6. The summed E-state index contributed by atoms with van der Waals surface area (Å²) in [7, 11) is 0. The average Bonchev–Trinajstić information content (AvgIpc) is 2.67. The molecular formula is C14H27N3O. The summed E-state index contributed by atoms with van der Waals surface area (Å²) < 4.78 is 2.04. The predicted molar refractivity (Wildman–Crippen MR) is 74.4 cm³/mol. The maximum atomic E-state index is 8.87. The van der Waals surface area contributed by atoms with Crippen LogP contribution in [0.1, 0.15) is 45.0 Å². The Bertz CT molecular complexity index is 358. The number of nitrogens with one attached hydrogen (secondary N) is 1. The fourth-order valence-electron chi connectivity index (χ4n) is 2.19. The van der Waals surface area contributed by atoms with Crippen LogP contribution in [0.25, 0.3) is 0 Å². The zero-order chi connectivity index (χ0) is 13.6. The Kier molecular flexibility index (Phi) is 5.82. The van der Waals surface area contributed by atoms with Gasteiger partial charge in [0.25, 0.3) is 0 Å². The van der Waals surface area contributed by atoms with Crippen molar-refractivity contribution in [2.75, 3.05) is 13.2 Å². The van der Waals surface area contributed by atoms with Gasteiger partial charge in [0.2, 0.25) is 0 Å². The van der Waals surface area contributed by atoms with E-state index in [0.717, 1.165) is 38.2 Å². The largest absolute Gasteiger partial charge is 0.396 e. The molecule has 1 heterocycles. The molecule has 104 valence electrons. The highest BCUT2D eigenvalue weighted by Gasteiger charge is 2.16. The van der Waals surface area contributed by atoms with Crippen LogP contribution in [-0.2, 0) is 13.1 Å². The van der Waals surface area contributed by atoms with Gasteiger partial charge in [-0.05, 0) is 38.2 Å². The molecule has 0 aromatic carbocycles. The Morgan fingerprint density at radius 2 is 2.17 bits per heavy atom. The highest BCUT2D eigenvalue weighted by molar-refractivity contribution is 5.08. The Hall–Kier alpha value is -0.870. The number of hydrogen-bond donors (Lipinski definition) is 2. The van der Waals surface area contributed by atoms with E-state index in [1.165, 1.54) is 5.69 Å². The zero-order valence-electron chi connectivity index (χ0n) is 12.2. The fourth-order valence-corrected chi connectivity index (χ4v) is 2.19. The Labute approximate surface area is 110 Å². The minimum absolute atomic E-state index is 0.231. The molecule has 1 aromatic heterocycles. The molecule has 0 fully saturated rings. The third-order valence-electron chi connectivity index (χ3n) is 3.21. The monoisotopic (exact) mass is 253 g/mol. The summed E-state index contributed by atoms with van der Waals surface area (Å²) in [5.41, 5.74) is 2.55. The standard InChI is InChI=1S/C14H27N3O/c1-5-17-13(9-12(2)16-17)10-15-11-14(3,4)7-6-8-18/h9,15,18H,5-8,10-11H2,1-4H3. The van der Waals surface area contributed by atoms with Gasteiger partial charge in [-0.25, -0.2) is 0 Å². The fraction of sp³-hybridized carbons (Fsp3) is 0.786. The first-order valence-electron chi connectivity index (χ1n) is 6.83. The molecule has 18 heavy (non-hydrogen) atoms. The summed E-state index contributed by atoms with van der Waals surface area (Å²) in [6, 6.07) is 2.14. The van der Waals surface area contributed by atoms with Crippen LogP contribution in [0.3, 0.4) is 0 Å². The number of aromatic nitrogens is 2. The van der Waals surface area contributed by atoms with Crippen molar-refractivity contribution in [3.05, 3.63) is 17.5 Å². The van der Waals surface area contributed by atoms with Crippen molar-refractivity contribution in [2.45, 2.75) is 53.6 Å². The van der Waals surface area contributed by atoms with Crippen molar-refractivity contribution < 1.29 is 5.11 Å². The van der Waals surface area contributed by atoms with Gasteiger partial charge in [-0.3, -0.25) is 4.68 Å². The van der Waals surface area contributed by atoms with Crippen LogP contribution in [0.2, 0.25) is 0 Å². The first-order valence-corrected chi connectivity index (χ1v) is 6.83. The Morgan fingerprint density at radius 3 is 2.78 bits per heavy atom. The summed E-state index contributed by atoms with van der Waals surface area (Å²) in [5.74, 6) is 0. The summed E-state index contributed by atoms with van der Waals surface area (Å²) in [4.78, 5) is 0. The van der Waals surface area contributed by atoms with Gasteiger partial charge in [0.1, 0.15) is 0 Å². The summed E-state index contributed by atoms with van der Waals surface area (Å²) in [5, 5.41) is 16.8. The van der Waals surface area contributed by atoms with E-state index in [1.807, 2.05) is 11.6 Å². The van der Waals surface area contributed by atoms with Crippen LogP contribution >= 0.6 is 0 Å². The smallest absolute Gasteiger partial charge is 0.0597 e. The number of hydrogen-bond acceptors (Lipinski definition) is 3. The second-order valence-corrected chi connectivity index (χ2v) is 5.69. The van der Waals surface area contributed by atoms with Crippen LogP contribution < -0.4 is 5.32 Å². The lowest BCUT2D eigenvalue weighted by Gasteiger charge is -2.24. The van der Waals surface area contributed by atoms with Crippen molar-refractivity contribution in [1.29, 1.82) is 0 Å². The van der Waals surface area contributed by atoms with Crippen LogP contribution in [0.4, 0.5) is 0 Å². The highest BCUT2D eigenvalue weighted by Crippen LogP contribution is 2.20. The van der Waals surface area contributed by atoms with Crippen LogP contribution in [-0.4, -0.2) is 28.0 Å². The molecule has 0 atom stereocenters. The molecule has 0 saturated carbocycles. The molecule has 4 nitrogen and oxygen atoms in total. The van der Waals surface area contributed by atoms with Crippen LogP contribution in [0, 0.1) is 12.3 Å². The zero-order valence-corrected chi connectivity index (χ0v) is 12.2. The van der Waals surface area contributed by atoms with Gasteiger partial charge >= 0.3 is 0 Å². The number of nitrogens with zero attached hydrogens (tertiary/aromatic N) is 2. The lowest BCUT2D eigenvalue weighted by molar-refractivity contribution is 0.236. The third-order valence-corrected chi connectivity index (χ3v) is 3.21. The molecule has 1 aromatic rings.